The lowest BCUT2D eigenvalue weighted by Gasteiger charge is -2.22. The molecular formula is C15H17ClN4O. The van der Waals surface area contributed by atoms with Gasteiger partial charge in [-0.05, 0) is 37.5 Å². The van der Waals surface area contributed by atoms with Gasteiger partial charge in [0.1, 0.15) is 0 Å². The zero-order chi connectivity index (χ0) is 14.8. The van der Waals surface area contributed by atoms with Crippen LogP contribution < -0.4 is 11.1 Å². The van der Waals surface area contributed by atoms with Gasteiger partial charge in [0.05, 0.1) is 12.4 Å². The maximum atomic E-state index is 12.4. The van der Waals surface area contributed by atoms with Crippen molar-refractivity contribution in [2.24, 2.45) is 0 Å². The fourth-order valence-corrected chi connectivity index (χ4v) is 3.17. The molecule has 1 fully saturated rings. The first-order chi connectivity index (χ1) is 10.1. The van der Waals surface area contributed by atoms with Gasteiger partial charge in [-0.2, -0.15) is 0 Å². The number of carbonyl (C=O) groups is 1. The Bertz CT molecular complexity index is 621. The maximum absolute atomic E-state index is 12.4. The molecule has 0 saturated heterocycles. The molecule has 0 radical (unpaired) electrons. The summed E-state index contributed by atoms with van der Waals surface area (Å²) in [6, 6.07) is 5.26. The maximum Gasteiger partial charge on any atom is 0.251 e. The molecule has 0 aliphatic heterocycles. The minimum absolute atomic E-state index is 0.104. The number of halogens is 1. The number of nitrogens with one attached hydrogen (secondary N) is 1. The van der Waals surface area contributed by atoms with Crippen molar-refractivity contribution in [3.8, 4) is 0 Å². The van der Waals surface area contributed by atoms with Crippen LogP contribution in [-0.2, 0) is 0 Å². The first-order valence-corrected chi connectivity index (χ1v) is 7.35. The smallest absolute Gasteiger partial charge is 0.251 e. The minimum atomic E-state index is -0.138. The third kappa shape index (κ3) is 3.03. The monoisotopic (exact) mass is 304 g/mol. The second kappa shape index (κ2) is 5.77. The Kier molecular flexibility index (Phi) is 3.84. The number of imidazole rings is 1. The molecule has 3 N–H and O–H groups in total. The van der Waals surface area contributed by atoms with Gasteiger partial charge < -0.3 is 15.6 Å². The molecule has 1 aliphatic rings. The number of nitrogen functional groups attached to an aromatic ring is 1. The normalized spacial score (nSPS) is 21.4. The summed E-state index contributed by atoms with van der Waals surface area (Å²) >= 11 is 5.95. The van der Waals surface area contributed by atoms with E-state index in [4.69, 9.17) is 17.3 Å². The molecule has 6 heteroatoms. The highest BCUT2D eigenvalue weighted by molar-refractivity contribution is 6.31. The van der Waals surface area contributed by atoms with E-state index in [0.717, 1.165) is 19.3 Å². The van der Waals surface area contributed by atoms with Crippen LogP contribution in [0, 0.1) is 0 Å². The Morgan fingerprint density at radius 2 is 2.24 bits per heavy atom. The van der Waals surface area contributed by atoms with Gasteiger partial charge >= 0.3 is 0 Å². The highest BCUT2D eigenvalue weighted by Gasteiger charge is 2.29. The van der Waals surface area contributed by atoms with Crippen LogP contribution in [0.4, 0.5) is 5.69 Å². The lowest BCUT2D eigenvalue weighted by atomic mass is 10.1. The molecule has 1 amide bonds. The van der Waals surface area contributed by atoms with E-state index in [9.17, 15) is 4.79 Å². The Hall–Kier alpha value is -2.01. The molecule has 1 saturated carbocycles. The van der Waals surface area contributed by atoms with Gasteiger partial charge in [0, 0.05) is 34.7 Å². The average molecular weight is 305 g/mol. The van der Waals surface area contributed by atoms with E-state index in [-0.39, 0.29) is 18.0 Å². The third-order valence-electron chi connectivity index (χ3n) is 3.89. The quantitative estimate of drug-likeness (QED) is 0.856. The van der Waals surface area contributed by atoms with Gasteiger partial charge in [0.2, 0.25) is 0 Å². The van der Waals surface area contributed by atoms with E-state index in [2.05, 4.69) is 14.9 Å². The van der Waals surface area contributed by atoms with Crippen LogP contribution in [0.2, 0.25) is 5.02 Å². The molecule has 1 aliphatic carbocycles. The van der Waals surface area contributed by atoms with Gasteiger partial charge in [-0.25, -0.2) is 4.98 Å². The molecule has 21 heavy (non-hydrogen) atoms. The Morgan fingerprint density at radius 3 is 2.95 bits per heavy atom. The summed E-state index contributed by atoms with van der Waals surface area (Å²) in [7, 11) is 0. The van der Waals surface area contributed by atoms with E-state index in [1.807, 2.05) is 6.20 Å². The fraction of sp³-hybridized carbons (Fsp3) is 0.333. The number of nitrogens with two attached hydrogens (primary N) is 1. The largest absolute Gasteiger partial charge is 0.399 e. The summed E-state index contributed by atoms with van der Waals surface area (Å²) in [4.78, 5) is 16.4. The van der Waals surface area contributed by atoms with Gasteiger partial charge in [-0.1, -0.05) is 11.6 Å². The fourth-order valence-electron chi connectivity index (χ4n) is 2.93. The highest BCUT2D eigenvalue weighted by atomic mass is 35.5. The standard InChI is InChI=1S/C15H17ClN4O/c16-11-6-10(7-12(17)8-11)15(21)19-13-2-1-3-14(13)20-5-4-18-9-20/h4-9,13-14H,1-3,17H2,(H,19,21). The van der Waals surface area contributed by atoms with Crippen LogP contribution in [0.25, 0.3) is 0 Å². The summed E-state index contributed by atoms with van der Waals surface area (Å²) in [6.45, 7) is 0. The lowest BCUT2D eigenvalue weighted by Crippen LogP contribution is -2.38. The molecule has 2 aromatic rings. The summed E-state index contributed by atoms with van der Waals surface area (Å²) in [6.07, 6.45) is 8.59. The highest BCUT2D eigenvalue weighted by Crippen LogP contribution is 2.30. The van der Waals surface area contributed by atoms with Crippen LogP contribution >= 0.6 is 11.6 Å². The molecular weight excluding hydrogens is 288 g/mol. The van der Waals surface area contributed by atoms with Crippen molar-refractivity contribution in [2.75, 3.05) is 5.73 Å². The summed E-state index contributed by atoms with van der Waals surface area (Å²) in [5, 5.41) is 3.56. The van der Waals surface area contributed by atoms with Crippen molar-refractivity contribution in [2.45, 2.75) is 31.3 Å². The summed E-state index contributed by atoms with van der Waals surface area (Å²) in [5.41, 5.74) is 6.72. The van der Waals surface area contributed by atoms with E-state index < -0.39 is 0 Å². The second-order valence-corrected chi connectivity index (χ2v) is 5.80. The van der Waals surface area contributed by atoms with Crippen molar-refractivity contribution < 1.29 is 4.79 Å². The number of aromatic nitrogens is 2. The Balaban J connectivity index is 1.74. The van der Waals surface area contributed by atoms with Crippen molar-refractivity contribution in [1.82, 2.24) is 14.9 Å². The molecule has 1 aromatic carbocycles. The van der Waals surface area contributed by atoms with Gasteiger partial charge in [0.25, 0.3) is 5.91 Å². The molecule has 2 unspecified atom stereocenters. The number of amides is 1. The van der Waals surface area contributed by atoms with Crippen molar-refractivity contribution in [1.29, 1.82) is 0 Å². The van der Waals surface area contributed by atoms with Crippen LogP contribution in [0.5, 0.6) is 0 Å². The molecule has 0 spiro atoms. The average Bonchev–Trinajstić information content (AvgIpc) is 3.07. The van der Waals surface area contributed by atoms with Crippen LogP contribution in [-0.4, -0.2) is 21.5 Å². The van der Waals surface area contributed by atoms with Crippen molar-refractivity contribution in [3.63, 3.8) is 0 Å². The number of hydrogen-bond donors (Lipinski definition) is 2. The van der Waals surface area contributed by atoms with Gasteiger partial charge in [-0.3, -0.25) is 4.79 Å². The number of benzene rings is 1. The van der Waals surface area contributed by atoms with Crippen molar-refractivity contribution >= 4 is 23.2 Å². The minimum Gasteiger partial charge on any atom is -0.399 e. The van der Waals surface area contributed by atoms with Gasteiger partial charge in [-0.15, -0.1) is 0 Å². The van der Waals surface area contributed by atoms with Crippen LogP contribution in [0.3, 0.4) is 0 Å². The van der Waals surface area contributed by atoms with E-state index in [1.165, 1.54) is 0 Å². The summed E-state index contributed by atoms with van der Waals surface area (Å²) in [5.74, 6) is -0.138. The molecule has 0 bridgehead atoms. The Labute approximate surface area is 128 Å². The van der Waals surface area contributed by atoms with E-state index in [1.54, 1.807) is 30.7 Å². The summed E-state index contributed by atoms with van der Waals surface area (Å²) < 4.78 is 2.06. The molecule has 110 valence electrons. The number of hydrogen-bond acceptors (Lipinski definition) is 3. The molecule has 1 aromatic heterocycles. The number of carbonyl (C=O) groups excluding carboxylic acids is 1. The number of nitrogens with zero attached hydrogens (tertiary/aromatic N) is 2. The van der Waals surface area contributed by atoms with Crippen LogP contribution in [0.15, 0.2) is 36.9 Å². The van der Waals surface area contributed by atoms with Crippen LogP contribution in [0.1, 0.15) is 35.7 Å². The Morgan fingerprint density at radius 1 is 1.38 bits per heavy atom. The second-order valence-electron chi connectivity index (χ2n) is 5.36. The predicted molar refractivity (Wildman–Crippen MR) is 82.2 cm³/mol. The van der Waals surface area contributed by atoms with Crippen molar-refractivity contribution in [3.05, 3.63) is 47.5 Å². The number of rotatable bonds is 3. The first kappa shape index (κ1) is 13.9. The number of anilines is 1. The van der Waals surface area contributed by atoms with E-state index in [0.29, 0.717) is 16.3 Å². The molecule has 1 heterocycles. The first-order valence-electron chi connectivity index (χ1n) is 6.98. The molecule has 3 rings (SSSR count). The lowest BCUT2D eigenvalue weighted by molar-refractivity contribution is 0.0929. The topological polar surface area (TPSA) is 72.9 Å². The zero-order valence-corrected chi connectivity index (χ0v) is 12.3. The SMILES string of the molecule is Nc1cc(Cl)cc(C(=O)NC2CCCC2n2ccnc2)c1. The zero-order valence-electron chi connectivity index (χ0n) is 11.5. The molecule has 5 nitrogen and oxygen atoms in total. The van der Waals surface area contributed by atoms with Gasteiger partial charge in [0.15, 0.2) is 0 Å². The third-order valence-corrected chi connectivity index (χ3v) is 4.10. The predicted octanol–water partition coefficient (Wildman–Crippen LogP) is 2.64. The molecule has 2 atom stereocenters. The van der Waals surface area contributed by atoms with E-state index >= 15 is 0 Å².